The average Bonchev–Trinajstić information content (AvgIpc) is 3.22. The van der Waals surface area contributed by atoms with E-state index in [4.69, 9.17) is 0 Å². The molecule has 1 aliphatic rings. The summed E-state index contributed by atoms with van der Waals surface area (Å²) >= 11 is 0. The molecule has 5 heteroatoms. The van der Waals surface area contributed by atoms with Gasteiger partial charge >= 0.3 is 0 Å². The van der Waals surface area contributed by atoms with Crippen molar-refractivity contribution < 1.29 is 9.59 Å². The number of rotatable bonds is 6. The molecule has 2 amide bonds. The van der Waals surface area contributed by atoms with Gasteiger partial charge in [0.2, 0.25) is 5.91 Å². The lowest BCUT2D eigenvalue weighted by Gasteiger charge is -2.12. The fourth-order valence-corrected chi connectivity index (χ4v) is 1.95. The van der Waals surface area contributed by atoms with Gasteiger partial charge in [-0.1, -0.05) is 11.6 Å². The molecule has 2 rings (SSSR count). The molecule has 0 atom stereocenters. The van der Waals surface area contributed by atoms with E-state index in [1.807, 2.05) is 32.0 Å². The smallest absolute Gasteiger partial charge is 0.253 e. The van der Waals surface area contributed by atoms with Crippen molar-refractivity contribution in [3.8, 4) is 0 Å². The van der Waals surface area contributed by atoms with E-state index in [2.05, 4.69) is 16.0 Å². The molecule has 20 heavy (non-hydrogen) atoms. The van der Waals surface area contributed by atoms with Crippen LogP contribution in [0.1, 0.15) is 35.7 Å². The Bertz CT molecular complexity index is 510. The van der Waals surface area contributed by atoms with Crippen molar-refractivity contribution >= 4 is 17.5 Å². The number of amides is 2. The van der Waals surface area contributed by atoms with Crippen LogP contribution in [0.15, 0.2) is 18.2 Å². The highest BCUT2D eigenvalue weighted by Gasteiger charge is 2.23. The SMILES string of the molecule is CCNc1ccc(C)cc1C(=O)NCC(=O)NC1CC1. The molecule has 1 fully saturated rings. The number of anilines is 1. The maximum Gasteiger partial charge on any atom is 0.253 e. The molecule has 1 aromatic rings. The van der Waals surface area contributed by atoms with E-state index in [0.717, 1.165) is 30.6 Å². The number of carbonyl (C=O) groups excluding carboxylic acids is 2. The van der Waals surface area contributed by atoms with Crippen LogP contribution in [0.4, 0.5) is 5.69 Å². The molecule has 108 valence electrons. The van der Waals surface area contributed by atoms with Crippen molar-refractivity contribution in [2.45, 2.75) is 32.7 Å². The van der Waals surface area contributed by atoms with Gasteiger partial charge in [-0.05, 0) is 38.8 Å². The highest BCUT2D eigenvalue weighted by Crippen LogP contribution is 2.18. The molecule has 0 saturated heterocycles. The van der Waals surface area contributed by atoms with Gasteiger partial charge in [0.25, 0.3) is 5.91 Å². The summed E-state index contributed by atoms with van der Waals surface area (Å²) in [5, 5.41) is 8.66. The summed E-state index contributed by atoms with van der Waals surface area (Å²) in [6.07, 6.45) is 2.09. The quantitative estimate of drug-likeness (QED) is 0.735. The third kappa shape index (κ3) is 3.98. The predicted octanol–water partition coefficient (Wildman–Crippen LogP) is 1.44. The lowest BCUT2D eigenvalue weighted by Crippen LogP contribution is -2.38. The van der Waals surface area contributed by atoms with E-state index in [-0.39, 0.29) is 18.4 Å². The minimum atomic E-state index is -0.226. The van der Waals surface area contributed by atoms with Gasteiger partial charge < -0.3 is 16.0 Å². The number of carbonyl (C=O) groups is 2. The van der Waals surface area contributed by atoms with E-state index in [1.165, 1.54) is 0 Å². The summed E-state index contributed by atoms with van der Waals surface area (Å²) in [7, 11) is 0. The molecular weight excluding hydrogens is 254 g/mol. The zero-order chi connectivity index (χ0) is 14.5. The average molecular weight is 275 g/mol. The van der Waals surface area contributed by atoms with E-state index < -0.39 is 0 Å². The fourth-order valence-electron chi connectivity index (χ4n) is 1.95. The second-order valence-corrected chi connectivity index (χ2v) is 5.10. The predicted molar refractivity (Wildman–Crippen MR) is 78.8 cm³/mol. The zero-order valence-electron chi connectivity index (χ0n) is 12.0. The zero-order valence-corrected chi connectivity index (χ0v) is 12.0. The minimum Gasteiger partial charge on any atom is -0.385 e. The topological polar surface area (TPSA) is 70.2 Å². The standard InChI is InChI=1S/C15H21N3O2/c1-3-16-13-7-4-10(2)8-12(13)15(20)17-9-14(19)18-11-5-6-11/h4,7-8,11,16H,3,5-6,9H2,1-2H3,(H,17,20)(H,18,19). The molecule has 0 aliphatic heterocycles. The minimum absolute atomic E-state index is 0.0227. The third-order valence-corrected chi connectivity index (χ3v) is 3.14. The largest absolute Gasteiger partial charge is 0.385 e. The molecule has 0 heterocycles. The number of hydrogen-bond donors (Lipinski definition) is 3. The first-order valence-corrected chi connectivity index (χ1v) is 7.02. The van der Waals surface area contributed by atoms with Crippen LogP contribution >= 0.6 is 0 Å². The Hall–Kier alpha value is -2.04. The lowest BCUT2D eigenvalue weighted by atomic mass is 10.1. The number of nitrogens with one attached hydrogen (secondary N) is 3. The fraction of sp³-hybridized carbons (Fsp3) is 0.467. The highest BCUT2D eigenvalue weighted by atomic mass is 16.2. The van der Waals surface area contributed by atoms with Crippen LogP contribution in [0.2, 0.25) is 0 Å². The second kappa shape index (κ2) is 6.41. The van der Waals surface area contributed by atoms with Crippen LogP contribution < -0.4 is 16.0 Å². The summed E-state index contributed by atoms with van der Waals surface area (Å²) in [5.41, 5.74) is 2.38. The van der Waals surface area contributed by atoms with E-state index >= 15 is 0 Å². The van der Waals surface area contributed by atoms with E-state index in [1.54, 1.807) is 0 Å². The monoisotopic (exact) mass is 275 g/mol. The number of aryl methyl sites for hydroxylation is 1. The summed E-state index contributed by atoms with van der Waals surface area (Å²) in [6, 6.07) is 5.98. The summed E-state index contributed by atoms with van der Waals surface area (Å²) in [6.45, 7) is 4.68. The first-order chi connectivity index (χ1) is 9.60. The van der Waals surface area contributed by atoms with E-state index in [0.29, 0.717) is 11.6 Å². The molecular formula is C15H21N3O2. The first-order valence-electron chi connectivity index (χ1n) is 7.02. The second-order valence-electron chi connectivity index (χ2n) is 5.10. The Balaban J connectivity index is 1.96. The molecule has 1 aliphatic carbocycles. The van der Waals surface area contributed by atoms with Gasteiger partial charge in [0.1, 0.15) is 0 Å². The Morgan fingerprint density at radius 3 is 2.70 bits per heavy atom. The Morgan fingerprint density at radius 2 is 2.05 bits per heavy atom. The summed E-state index contributed by atoms with van der Waals surface area (Å²) < 4.78 is 0. The van der Waals surface area contributed by atoms with Crippen LogP contribution in [-0.4, -0.2) is 30.9 Å². The van der Waals surface area contributed by atoms with Crippen molar-refractivity contribution in [2.24, 2.45) is 0 Å². The molecule has 0 spiro atoms. The van der Waals surface area contributed by atoms with E-state index in [9.17, 15) is 9.59 Å². The van der Waals surface area contributed by atoms with Crippen LogP contribution in [0, 0.1) is 6.92 Å². The van der Waals surface area contributed by atoms with Crippen molar-refractivity contribution in [2.75, 3.05) is 18.4 Å². The van der Waals surface area contributed by atoms with Gasteiger partial charge in [-0.15, -0.1) is 0 Å². The Morgan fingerprint density at radius 1 is 1.30 bits per heavy atom. The summed E-state index contributed by atoms with van der Waals surface area (Å²) in [4.78, 5) is 23.7. The Kier molecular flexibility index (Phi) is 4.61. The molecule has 0 bridgehead atoms. The normalized spacial score (nSPS) is 13.7. The highest BCUT2D eigenvalue weighted by molar-refractivity contribution is 6.01. The number of hydrogen-bond acceptors (Lipinski definition) is 3. The van der Waals surface area contributed by atoms with Crippen LogP contribution in [0.3, 0.4) is 0 Å². The maximum absolute atomic E-state index is 12.2. The van der Waals surface area contributed by atoms with Crippen molar-refractivity contribution in [1.29, 1.82) is 0 Å². The first kappa shape index (κ1) is 14.4. The van der Waals surface area contributed by atoms with Gasteiger partial charge in [0.15, 0.2) is 0 Å². The van der Waals surface area contributed by atoms with Gasteiger partial charge in [-0.2, -0.15) is 0 Å². The maximum atomic E-state index is 12.2. The molecule has 1 saturated carbocycles. The van der Waals surface area contributed by atoms with Gasteiger partial charge in [-0.25, -0.2) is 0 Å². The molecule has 0 aromatic heterocycles. The molecule has 3 N–H and O–H groups in total. The van der Waals surface area contributed by atoms with Gasteiger partial charge in [0.05, 0.1) is 12.1 Å². The lowest BCUT2D eigenvalue weighted by molar-refractivity contribution is -0.120. The molecule has 1 aromatic carbocycles. The molecule has 0 unspecified atom stereocenters. The van der Waals surface area contributed by atoms with Gasteiger partial charge in [-0.3, -0.25) is 9.59 Å². The Labute approximate surface area is 119 Å². The third-order valence-electron chi connectivity index (χ3n) is 3.14. The van der Waals surface area contributed by atoms with Crippen LogP contribution in [-0.2, 0) is 4.79 Å². The van der Waals surface area contributed by atoms with Crippen molar-refractivity contribution in [1.82, 2.24) is 10.6 Å². The number of benzene rings is 1. The van der Waals surface area contributed by atoms with Crippen molar-refractivity contribution in [3.05, 3.63) is 29.3 Å². The van der Waals surface area contributed by atoms with Gasteiger partial charge in [0, 0.05) is 18.3 Å². The molecule has 0 radical (unpaired) electrons. The van der Waals surface area contributed by atoms with Crippen LogP contribution in [0.5, 0.6) is 0 Å². The van der Waals surface area contributed by atoms with Crippen LogP contribution in [0.25, 0.3) is 0 Å². The summed E-state index contributed by atoms with van der Waals surface area (Å²) in [5.74, 6) is -0.353. The van der Waals surface area contributed by atoms with Crippen molar-refractivity contribution in [3.63, 3.8) is 0 Å². The molecule has 5 nitrogen and oxygen atoms in total.